The van der Waals surface area contributed by atoms with E-state index in [0.29, 0.717) is 22.5 Å². The number of hydrogen-bond donors (Lipinski definition) is 0. The molecule has 1 aromatic carbocycles. The molecule has 0 aromatic heterocycles. The van der Waals surface area contributed by atoms with Crippen LogP contribution < -0.4 is 0 Å². The van der Waals surface area contributed by atoms with Crippen LogP contribution in [-0.4, -0.2) is 23.3 Å². The van der Waals surface area contributed by atoms with E-state index in [-0.39, 0.29) is 5.78 Å². The Bertz CT molecular complexity index is 441. The van der Waals surface area contributed by atoms with E-state index < -0.39 is 0 Å². The Balaban J connectivity index is 2.13. The second-order valence-electron chi connectivity index (χ2n) is 5.23. The van der Waals surface area contributed by atoms with Gasteiger partial charge in [-0.05, 0) is 38.4 Å². The number of Topliss-reactive ketones (excluding diaryl/α,β-unsaturated/α-hetero) is 1. The Morgan fingerprint density at radius 1 is 1.32 bits per heavy atom. The molecule has 1 fully saturated rings. The van der Waals surface area contributed by atoms with Crippen LogP contribution in [0.15, 0.2) is 18.2 Å². The van der Waals surface area contributed by atoms with Crippen molar-refractivity contribution in [3.05, 3.63) is 33.8 Å². The molecular formula is C15H19Cl2NO. The van der Waals surface area contributed by atoms with Crippen LogP contribution in [0.1, 0.15) is 38.2 Å². The molecule has 0 N–H and O–H groups in total. The average molecular weight is 300 g/mol. The normalized spacial score (nSPS) is 20.5. The van der Waals surface area contributed by atoms with Gasteiger partial charge in [0, 0.05) is 34.6 Å². The lowest BCUT2D eigenvalue weighted by atomic mass is 9.97. The summed E-state index contributed by atoms with van der Waals surface area (Å²) in [5, 5.41) is 1.42. The zero-order chi connectivity index (χ0) is 13.8. The van der Waals surface area contributed by atoms with Crippen molar-refractivity contribution in [2.24, 2.45) is 0 Å². The van der Waals surface area contributed by atoms with Gasteiger partial charge >= 0.3 is 0 Å². The largest absolute Gasteiger partial charge is 0.300 e. The number of piperidine rings is 1. The molecule has 1 aliphatic rings. The van der Waals surface area contributed by atoms with Crippen molar-refractivity contribution in [2.75, 3.05) is 6.54 Å². The van der Waals surface area contributed by atoms with Gasteiger partial charge in [0.2, 0.25) is 0 Å². The van der Waals surface area contributed by atoms with Crippen LogP contribution in [0.2, 0.25) is 10.0 Å². The predicted octanol–water partition coefficient (Wildman–Crippen LogP) is 4.33. The van der Waals surface area contributed by atoms with Gasteiger partial charge in [0.15, 0.2) is 0 Å². The van der Waals surface area contributed by atoms with Crippen LogP contribution in [0, 0.1) is 0 Å². The Kier molecular flexibility index (Phi) is 5.26. The molecule has 1 aliphatic heterocycles. The third kappa shape index (κ3) is 3.95. The summed E-state index contributed by atoms with van der Waals surface area (Å²) in [6, 6.07) is 5.93. The van der Waals surface area contributed by atoms with Crippen LogP contribution in [-0.2, 0) is 11.3 Å². The number of hydrogen-bond acceptors (Lipinski definition) is 2. The van der Waals surface area contributed by atoms with E-state index in [4.69, 9.17) is 23.2 Å². The lowest BCUT2D eigenvalue weighted by Crippen LogP contribution is -2.40. The maximum atomic E-state index is 11.4. The van der Waals surface area contributed by atoms with Gasteiger partial charge in [-0.3, -0.25) is 9.69 Å². The summed E-state index contributed by atoms with van der Waals surface area (Å²) in [5.74, 6) is 0.252. The number of ketones is 1. The molecule has 0 radical (unpaired) electrons. The zero-order valence-corrected chi connectivity index (χ0v) is 12.7. The van der Waals surface area contributed by atoms with E-state index in [1.807, 2.05) is 18.2 Å². The molecule has 2 rings (SSSR count). The van der Waals surface area contributed by atoms with E-state index in [9.17, 15) is 4.79 Å². The van der Waals surface area contributed by atoms with Gasteiger partial charge in [-0.15, -0.1) is 0 Å². The summed E-state index contributed by atoms with van der Waals surface area (Å²) >= 11 is 12.4. The van der Waals surface area contributed by atoms with Crippen LogP contribution >= 0.6 is 23.2 Å². The fourth-order valence-electron chi connectivity index (χ4n) is 2.72. The Labute approximate surface area is 124 Å². The summed E-state index contributed by atoms with van der Waals surface area (Å²) in [4.78, 5) is 13.7. The van der Waals surface area contributed by atoms with Crippen molar-refractivity contribution in [3.63, 3.8) is 0 Å². The van der Waals surface area contributed by atoms with Gasteiger partial charge < -0.3 is 0 Å². The molecule has 0 saturated carbocycles. The lowest BCUT2D eigenvalue weighted by Gasteiger charge is -2.35. The van der Waals surface area contributed by atoms with E-state index in [2.05, 4.69) is 4.90 Å². The molecule has 1 unspecified atom stereocenters. The summed E-state index contributed by atoms with van der Waals surface area (Å²) in [6.07, 6.45) is 4.09. The molecule has 0 aliphatic carbocycles. The minimum atomic E-state index is 0.252. The fourth-order valence-corrected chi connectivity index (χ4v) is 3.23. The summed E-state index contributed by atoms with van der Waals surface area (Å²) in [5.41, 5.74) is 0.973. The first-order valence-corrected chi connectivity index (χ1v) is 7.50. The highest BCUT2D eigenvalue weighted by Crippen LogP contribution is 2.29. The van der Waals surface area contributed by atoms with Crippen molar-refractivity contribution >= 4 is 29.0 Å². The molecule has 104 valence electrons. The molecule has 2 nitrogen and oxygen atoms in total. The van der Waals surface area contributed by atoms with E-state index >= 15 is 0 Å². The van der Waals surface area contributed by atoms with Gasteiger partial charge in [-0.1, -0.05) is 35.7 Å². The average Bonchev–Trinajstić information content (AvgIpc) is 2.35. The molecule has 1 atom stereocenters. The van der Waals surface area contributed by atoms with Crippen molar-refractivity contribution in [1.82, 2.24) is 4.90 Å². The number of carbonyl (C=O) groups is 1. The fraction of sp³-hybridized carbons (Fsp3) is 0.533. The minimum absolute atomic E-state index is 0.252. The number of likely N-dealkylation sites (tertiary alicyclic amines) is 1. The van der Waals surface area contributed by atoms with Crippen LogP contribution in [0.4, 0.5) is 0 Å². The van der Waals surface area contributed by atoms with Crippen LogP contribution in [0.3, 0.4) is 0 Å². The molecule has 4 heteroatoms. The molecule has 1 saturated heterocycles. The molecule has 1 heterocycles. The number of benzene rings is 1. The Morgan fingerprint density at radius 2 is 2.00 bits per heavy atom. The highest BCUT2D eigenvalue weighted by molar-refractivity contribution is 6.35. The van der Waals surface area contributed by atoms with Gasteiger partial charge in [0.1, 0.15) is 5.78 Å². The zero-order valence-electron chi connectivity index (χ0n) is 11.2. The van der Waals surface area contributed by atoms with Crippen molar-refractivity contribution in [1.29, 1.82) is 0 Å². The predicted molar refractivity (Wildman–Crippen MR) is 79.8 cm³/mol. The van der Waals surface area contributed by atoms with Gasteiger partial charge in [-0.25, -0.2) is 0 Å². The SMILES string of the molecule is CC(=O)CC1CCCCN1Cc1c(Cl)cccc1Cl. The van der Waals surface area contributed by atoms with E-state index in [1.54, 1.807) is 6.92 Å². The summed E-state index contributed by atoms with van der Waals surface area (Å²) in [7, 11) is 0. The van der Waals surface area contributed by atoms with Gasteiger partial charge in [0.05, 0.1) is 0 Å². The summed E-state index contributed by atoms with van der Waals surface area (Å²) < 4.78 is 0. The van der Waals surface area contributed by atoms with E-state index in [1.165, 1.54) is 12.8 Å². The monoisotopic (exact) mass is 299 g/mol. The van der Waals surface area contributed by atoms with Crippen LogP contribution in [0.5, 0.6) is 0 Å². The smallest absolute Gasteiger partial charge is 0.131 e. The number of nitrogens with zero attached hydrogens (tertiary/aromatic N) is 1. The Hall–Kier alpha value is -0.570. The maximum Gasteiger partial charge on any atom is 0.131 e. The van der Waals surface area contributed by atoms with Gasteiger partial charge in [-0.2, -0.15) is 0 Å². The lowest BCUT2D eigenvalue weighted by molar-refractivity contribution is -0.118. The van der Waals surface area contributed by atoms with Crippen molar-refractivity contribution in [3.8, 4) is 0 Å². The highest BCUT2D eigenvalue weighted by atomic mass is 35.5. The summed E-state index contributed by atoms with van der Waals surface area (Å²) in [6.45, 7) is 3.41. The van der Waals surface area contributed by atoms with Crippen molar-refractivity contribution < 1.29 is 4.79 Å². The number of carbonyl (C=O) groups excluding carboxylic acids is 1. The first kappa shape index (κ1) is 14.8. The standard InChI is InChI=1S/C15H19Cl2NO/c1-11(19)9-12-5-2-3-8-18(12)10-13-14(16)6-4-7-15(13)17/h4,6-7,12H,2-3,5,8-10H2,1H3. The maximum absolute atomic E-state index is 11.4. The van der Waals surface area contributed by atoms with Crippen LogP contribution in [0.25, 0.3) is 0 Å². The van der Waals surface area contributed by atoms with E-state index in [0.717, 1.165) is 25.1 Å². The third-order valence-electron chi connectivity index (χ3n) is 3.70. The number of rotatable bonds is 4. The third-order valence-corrected chi connectivity index (χ3v) is 4.40. The second kappa shape index (κ2) is 6.74. The molecule has 0 amide bonds. The highest BCUT2D eigenvalue weighted by Gasteiger charge is 2.24. The first-order valence-electron chi connectivity index (χ1n) is 6.74. The molecule has 19 heavy (non-hydrogen) atoms. The topological polar surface area (TPSA) is 20.3 Å². The quantitative estimate of drug-likeness (QED) is 0.825. The minimum Gasteiger partial charge on any atom is -0.300 e. The van der Waals surface area contributed by atoms with Gasteiger partial charge in [0.25, 0.3) is 0 Å². The Morgan fingerprint density at radius 3 is 2.63 bits per heavy atom. The molecule has 0 spiro atoms. The molecule has 0 bridgehead atoms. The molecular weight excluding hydrogens is 281 g/mol. The molecule has 1 aromatic rings. The first-order chi connectivity index (χ1) is 9.08. The second-order valence-corrected chi connectivity index (χ2v) is 6.04. The van der Waals surface area contributed by atoms with Crippen molar-refractivity contribution in [2.45, 2.75) is 45.2 Å². The number of halogens is 2.